The molecule has 0 saturated carbocycles. The standard InChI is InChI=1S/C10H20O8P2/c1-9(5-4-6-10(2)16-3)7-8-17-20(14,15)18-19(11,12)13/h6-7H,4-5,8H2,1-3H3,(H,14,15)(H2,11,12,13)/p-3/b9-7+,10-6+. The van der Waals surface area contributed by atoms with Crippen LogP contribution in [0.1, 0.15) is 26.7 Å². The minimum absolute atomic E-state index is 0.403. The van der Waals surface area contributed by atoms with Crippen molar-refractivity contribution in [1.29, 1.82) is 0 Å². The molecule has 8 nitrogen and oxygen atoms in total. The Morgan fingerprint density at radius 3 is 2.25 bits per heavy atom. The molecule has 0 rings (SSSR count). The van der Waals surface area contributed by atoms with E-state index in [1.165, 1.54) is 6.08 Å². The van der Waals surface area contributed by atoms with Gasteiger partial charge in [0.05, 0.1) is 27.3 Å². The second kappa shape index (κ2) is 8.74. The zero-order valence-electron chi connectivity index (χ0n) is 11.4. The number of phosphoric acid groups is 2. The zero-order chi connectivity index (χ0) is 15.8. The minimum atomic E-state index is -5.63. The third-order valence-corrected chi connectivity index (χ3v) is 4.22. The molecule has 0 saturated heterocycles. The fraction of sp³-hybridized carbons (Fsp3) is 0.600. The Bertz CT molecular complexity index is 450. The summed E-state index contributed by atoms with van der Waals surface area (Å²) in [7, 11) is -9.20. The van der Waals surface area contributed by atoms with Gasteiger partial charge in [-0.05, 0) is 32.8 Å². The molecular formula is C10H17O8P2-3. The molecule has 0 spiro atoms. The van der Waals surface area contributed by atoms with Gasteiger partial charge in [-0.2, -0.15) is 0 Å². The van der Waals surface area contributed by atoms with Crippen LogP contribution in [0.25, 0.3) is 0 Å². The van der Waals surface area contributed by atoms with Gasteiger partial charge in [0.1, 0.15) is 0 Å². The summed E-state index contributed by atoms with van der Waals surface area (Å²) in [5, 5.41) is 0. The highest BCUT2D eigenvalue weighted by atomic mass is 31.3. The van der Waals surface area contributed by atoms with Gasteiger partial charge in [0.15, 0.2) is 0 Å². The number of phosphoric ester groups is 1. The van der Waals surface area contributed by atoms with Gasteiger partial charge in [0, 0.05) is 0 Å². The summed E-state index contributed by atoms with van der Waals surface area (Å²) in [6.45, 7) is 3.15. The molecule has 0 amide bonds. The van der Waals surface area contributed by atoms with Crippen molar-refractivity contribution in [3.63, 3.8) is 0 Å². The predicted molar refractivity (Wildman–Crippen MR) is 66.0 cm³/mol. The highest BCUT2D eigenvalue weighted by Crippen LogP contribution is 2.50. The summed E-state index contributed by atoms with van der Waals surface area (Å²) in [5.74, 6) is 0.771. The number of hydrogen-bond acceptors (Lipinski definition) is 8. The van der Waals surface area contributed by atoms with E-state index in [2.05, 4.69) is 8.83 Å². The van der Waals surface area contributed by atoms with E-state index in [1.54, 1.807) is 21.0 Å². The lowest BCUT2D eigenvalue weighted by Gasteiger charge is -2.34. The SMILES string of the molecule is CO/C(C)=C/CC/C(C)=C/COP(=O)([O-])OP(=O)([O-])[O-]. The van der Waals surface area contributed by atoms with Crippen LogP contribution < -0.4 is 14.7 Å². The maximum atomic E-state index is 10.9. The first kappa shape index (κ1) is 19.5. The van der Waals surface area contributed by atoms with E-state index >= 15 is 0 Å². The van der Waals surface area contributed by atoms with Crippen LogP contribution in [-0.4, -0.2) is 13.7 Å². The summed E-state index contributed by atoms with van der Waals surface area (Å²) in [4.78, 5) is 31.2. The normalized spacial score (nSPS) is 16.9. The van der Waals surface area contributed by atoms with Gasteiger partial charge in [0.2, 0.25) is 0 Å². The molecule has 0 aliphatic rings. The second-order valence-electron chi connectivity index (χ2n) is 3.88. The molecular weight excluding hydrogens is 310 g/mol. The maximum Gasteiger partial charge on any atom is 0.272 e. The lowest BCUT2D eigenvalue weighted by molar-refractivity contribution is -0.339. The van der Waals surface area contributed by atoms with Crippen LogP contribution in [0.5, 0.6) is 0 Å². The van der Waals surface area contributed by atoms with Crippen molar-refractivity contribution in [2.75, 3.05) is 13.7 Å². The van der Waals surface area contributed by atoms with Crippen LogP contribution in [0.2, 0.25) is 0 Å². The van der Waals surface area contributed by atoms with Crippen molar-refractivity contribution >= 4 is 15.6 Å². The van der Waals surface area contributed by atoms with E-state index in [-0.39, 0.29) is 0 Å². The van der Waals surface area contributed by atoms with E-state index in [1.807, 2.05) is 6.08 Å². The summed E-state index contributed by atoms with van der Waals surface area (Å²) < 4.78 is 33.5. The van der Waals surface area contributed by atoms with Crippen LogP contribution in [-0.2, 0) is 22.7 Å². The average molecular weight is 327 g/mol. The van der Waals surface area contributed by atoms with Gasteiger partial charge in [-0.25, -0.2) is 0 Å². The van der Waals surface area contributed by atoms with E-state index in [4.69, 9.17) is 4.74 Å². The largest absolute Gasteiger partial charge is 0.790 e. The van der Waals surface area contributed by atoms with Crippen molar-refractivity contribution in [3.05, 3.63) is 23.5 Å². The first-order chi connectivity index (χ1) is 9.06. The molecule has 20 heavy (non-hydrogen) atoms. The van der Waals surface area contributed by atoms with E-state index in [0.717, 1.165) is 11.3 Å². The first-order valence-electron chi connectivity index (χ1n) is 5.61. The Kier molecular flexibility index (Phi) is 8.54. The average Bonchev–Trinajstić information content (AvgIpc) is 2.25. The van der Waals surface area contributed by atoms with Crippen molar-refractivity contribution < 1.29 is 37.4 Å². The maximum absolute atomic E-state index is 10.9. The first-order valence-corrected chi connectivity index (χ1v) is 8.53. The van der Waals surface area contributed by atoms with Crippen LogP contribution in [0.3, 0.4) is 0 Å². The summed E-state index contributed by atoms with van der Waals surface area (Å²) in [6, 6.07) is 0. The monoisotopic (exact) mass is 327 g/mol. The lowest BCUT2D eigenvalue weighted by Crippen LogP contribution is -2.19. The third kappa shape index (κ3) is 11.4. The van der Waals surface area contributed by atoms with Gasteiger partial charge in [-0.3, -0.25) is 8.88 Å². The molecule has 0 N–H and O–H groups in total. The Hall–Kier alpha value is -0.460. The molecule has 0 aliphatic carbocycles. The summed E-state index contributed by atoms with van der Waals surface area (Å²) in [6.07, 6.45) is 4.66. The number of methoxy groups -OCH3 is 1. The van der Waals surface area contributed by atoms with Crippen molar-refractivity contribution in [2.45, 2.75) is 26.7 Å². The molecule has 0 aromatic rings. The number of rotatable bonds is 9. The highest BCUT2D eigenvalue weighted by Gasteiger charge is 2.10. The van der Waals surface area contributed by atoms with Gasteiger partial charge in [-0.1, -0.05) is 11.6 Å². The fourth-order valence-electron chi connectivity index (χ4n) is 1.11. The van der Waals surface area contributed by atoms with Gasteiger partial charge < -0.3 is 28.5 Å². The van der Waals surface area contributed by atoms with Crippen LogP contribution >= 0.6 is 15.6 Å². The van der Waals surface area contributed by atoms with Gasteiger partial charge in [-0.15, -0.1) is 0 Å². The molecule has 1 unspecified atom stereocenters. The minimum Gasteiger partial charge on any atom is -0.790 e. The van der Waals surface area contributed by atoms with Gasteiger partial charge in [0.25, 0.3) is 7.82 Å². The Balaban J connectivity index is 4.17. The van der Waals surface area contributed by atoms with Gasteiger partial charge >= 0.3 is 0 Å². The molecule has 0 fully saturated rings. The van der Waals surface area contributed by atoms with Crippen molar-refractivity contribution in [3.8, 4) is 0 Å². The van der Waals surface area contributed by atoms with Crippen LogP contribution in [0.15, 0.2) is 23.5 Å². The predicted octanol–water partition coefficient (Wildman–Crippen LogP) is 0.593. The molecule has 118 valence electrons. The topological polar surface area (TPSA) is 131 Å². The number of allylic oxidation sites excluding steroid dienone is 3. The Morgan fingerprint density at radius 1 is 1.15 bits per heavy atom. The fourth-order valence-corrected chi connectivity index (χ4v) is 2.53. The second-order valence-corrected chi connectivity index (χ2v) is 6.58. The van der Waals surface area contributed by atoms with E-state index in [9.17, 15) is 23.8 Å². The van der Waals surface area contributed by atoms with Crippen LogP contribution in [0.4, 0.5) is 0 Å². The highest BCUT2D eigenvalue weighted by molar-refractivity contribution is 7.58. The lowest BCUT2D eigenvalue weighted by atomic mass is 10.1. The van der Waals surface area contributed by atoms with E-state index in [0.29, 0.717) is 12.8 Å². The third-order valence-electron chi connectivity index (χ3n) is 2.16. The van der Waals surface area contributed by atoms with Crippen molar-refractivity contribution in [2.24, 2.45) is 0 Å². The smallest absolute Gasteiger partial charge is 0.272 e. The molecule has 0 radical (unpaired) electrons. The summed E-state index contributed by atoms with van der Waals surface area (Å²) in [5.41, 5.74) is 0.831. The molecule has 0 bridgehead atoms. The number of ether oxygens (including phenoxy) is 1. The molecule has 0 aromatic heterocycles. The molecule has 1 atom stereocenters. The molecule has 10 heteroatoms. The van der Waals surface area contributed by atoms with E-state index < -0.39 is 22.3 Å². The molecule has 0 aliphatic heterocycles. The molecule has 0 heterocycles. The Labute approximate surface area is 117 Å². The quantitative estimate of drug-likeness (QED) is 0.341. The summed E-state index contributed by atoms with van der Waals surface area (Å²) >= 11 is 0. The zero-order valence-corrected chi connectivity index (χ0v) is 13.2. The number of hydrogen-bond donors (Lipinski definition) is 0. The Morgan fingerprint density at radius 2 is 1.75 bits per heavy atom. The van der Waals surface area contributed by atoms with Crippen LogP contribution in [0, 0.1) is 0 Å². The van der Waals surface area contributed by atoms with Crippen molar-refractivity contribution in [1.82, 2.24) is 0 Å². The molecule has 0 aromatic carbocycles.